The molecule has 0 amide bonds. The molecule has 1 rings (SSSR count). The first kappa shape index (κ1) is 13.4. The van der Waals surface area contributed by atoms with Crippen molar-refractivity contribution in [3.8, 4) is 0 Å². The standard InChI is InChI=1S/C10H18N2O2S2/c1-4-5-16(13,14)12-10-11-7-9(15-10)6-8(2)3/h7-8H,4-6H2,1-3H3,(H,11,12). The van der Waals surface area contributed by atoms with Crippen LogP contribution in [-0.2, 0) is 16.4 Å². The molecule has 0 saturated heterocycles. The minimum Gasteiger partial charge on any atom is -0.259 e. The van der Waals surface area contributed by atoms with Gasteiger partial charge in [-0.15, -0.1) is 11.3 Å². The lowest BCUT2D eigenvalue weighted by atomic mass is 10.1. The van der Waals surface area contributed by atoms with E-state index < -0.39 is 10.0 Å². The van der Waals surface area contributed by atoms with Crippen LogP contribution in [-0.4, -0.2) is 19.2 Å². The van der Waals surface area contributed by atoms with Gasteiger partial charge >= 0.3 is 0 Å². The third kappa shape index (κ3) is 4.49. The topological polar surface area (TPSA) is 59.1 Å². The van der Waals surface area contributed by atoms with E-state index in [1.54, 1.807) is 6.20 Å². The number of nitrogens with zero attached hydrogens (tertiary/aromatic N) is 1. The quantitative estimate of drug-likeness (QED) is 0.857. The Bertz CT molecular complexity index is 424. The lowest BCUT2D eigenvalue weighted by Crippen LogP contribution is -2.15. The van der Waals surface area contributed by atoms with Crippen LogP contribution in [0, 0.1) is 5.92 Å². The minimum atomic E-state index is -3.20. The number of anilines is 1. The molecule has 0 spiro atoms. The maximum absolute atomic E-state index is 11.5. The summed E-state index contributed by atoms with van der Waals surface area (Å²) in [6.07, 6.45) is 3.29. The number of thiazole rings is 1. The van der Waals surface area contributed by atoms with Gasteiger partial charge in [-0.25, -0.2) is 13.4 Å². The summed E-state index contributed by atoms with van der Waals surface area (Å²) < 4.78 is 25.5. The van der Waals surface area contributed by atoms with Crippen LogP contribution in [0.25, 0.3) is 0 Å². The summed E-state index contributed by atoms with van der Waals surface area (Å²) in [7, 11) is -3.20. The van der Waals surface area contributed by atoms with E-state index in [9.17, 15) is 8.42 Å². The first-order chi connectivity index (χ1) is 7.43. The zero-order valence-electron chi connectivity index (χ0n) is 9.86. The third-order valence-electron chi connectivity index (χ3n) is 1.88. The summed E-state index contributed by atoms with van der Waals surface area (Å²) >= 11 is 1.41. The van der Waals surface area contributed by atoms with Crippen molar-refractivity contribution < 1.29 is 8.42 Å². The van der Waals surface area contributed by atoms with Crippen molar-refractivity contribution in [1.29, 1.82) is 0 Å². The number of hydrogen-bond donors (Lipinski definition) is 1. The predicted molar refractivity (Wildman–Crippen MR) is 68.4 cm³/mol. The highest BCUT2D eigenvalue weighted by Gasteiger charge is 2.11. The molecule has 0 aromatic carbocycles. The molecule has 0 unspecified atom stereocenters. The molecule has 0 aliphatic rings. The number of nitrogens with one attached hydrogen (secondary N) is 1. The Morgan fingerprint density at radius 1 is 1.50 bits per heavy atom. The van der Waals surface area contributed by atoms with E-state index in [2.05, 4.69) is 23.6 Å². The molecule has 1 N–H and O–H groups in total. The predicted octanol–water partition coefficient (Wildman–Crippen LogP) is 2.49. The van der Waals surface area contributed by atoms with Crippen LogP contribution in [0.4, 0.5) is 5.13 Å². The second-order valence-corrected chi connectivity index (χ2v) is 7.11. The van der Waals surface area contributed by atoms with Crippen LogP contribution in [0.2, 0.25) is 0 Å². The van der Waals surface area contributed by atoms with Crippen molar-refractivity contribution in [2.45, 2.75) is 33.6 Å². The zero-order valence-corrected chi connectivity index (χ0v) is 11.5. The fraction of sp³-hybridized carbons (Fsp3) is 0.700. The molecule has 0 bridgehead atoms. The second kappa shape index (κ2) is 5.63. The van der Waals surface area contributed by atoms with E-state index in [1.165, 1.54) is 11.3 Å². The van der Waals surface area contributed by atoms with Crippen molar-refractivity contribution in [1.82, 2.24) is 4.98 Å². The van der Waals surface area contributed by atoms with Gasteiger partial charge in [-0.1, -0.05) is 20.8 Å². The molecule has 0 saturated carbocycles. The largest absolute Gasteiger partial charge is 0.259 e. The Balaban J connectivity index is 2.65. The first-order valence-electron chi connectivity index (χ1n) is 5.38. The molecule has 1 heterocycles. The maximum atomic E-state index is 11.5. The van der Waals surface area contributed by atoms with Crippen LogP contribution in [0.3, 0.4) is 0 Å². The van der Waals surface area contributed by atoms with Gasteiger partial charge in [0.15, 0.2) is 5.13 Å². The highest BCUT2D eigenvalue weighted by molar-refractivity contribution is 7.92. The Morgan fingerprint density at radius 2 is 2.19 bits per heavy atom. The van der Waals surface area contributed by atoms with Gasteiger partial charge in [0.1, 0.15) is 0 Å². The van der Waals surface area contributed by atoms with Gasteiger partial charge in [-0.05, 0) is 18.8 Å². The van der Waals surface area contributed by atoms with Crippen LogP contribution in [0.5, 0.6) is 0 Å². The molecule has 16 heavy (non-hydrogen) atoms. The van der Waals surface area contributed by atoms with Gasteiger partial charge in [-0.3, -0.25) is 4.72 Å². The van der Waals surface area contributed by atoms with Crippen LogP contribution in [0.1, 0.15) is 32.1 Å². The first-order valence-corrected chi connectivity index (χ1v) is 7.85. The maximum Gasteiger partial charge on any atom is 0.234 e. The number of hydrogen-bond acceptors (Lipinski definition) is 4. The number of sulfonamides is 1. The molecule has 1 aromatic rings. The Morgan fingerprint density at radius 3 is 2.75 bits per heavy atom. The van der Waals surface area contributed by atoms with Crippen molar-refractivity contribution in [2.75, 3.05) is 10.5 Å². The van der Waals surface area contributed by atoms with Crippen molar-refractivity contribution in [2.24, 2.45) is 5.92 Å². The van der Waals surface area contributed by atoms with E-state index in [4.69, 9.17) is 0 Å². The average Bonchev–Trinajstić information content (AvgIpc) is 2.49. The van der Waals surface area contributed by atoms with Gasteiger partial charge in [0.25, 0.3) is 0 Å². The average molecular weight is 262 g/mol. The molecule has 92 valence electrons. The lowest BCUT2D eigenvalue weighted by Gasteiger charge is -2.02. The zero-order chi connectivity index (χ0) is 12.2. The molecule has 6 heteroatoms. The smallest absolute Gasteiger partial charge is 0.234 e. The lowest BCUT2D eigenvalue weighted by molar-refractivity contribution is 0.600. The van der Waals surface area contributed by atoms with Gasteiger partial charge in [-0.2, -0.15) is 0 Å². The van der Waals surface area contributed by atoms with Crippen LogP contribution < -0.4 is 4.72 Å². The van der Waals surface area contributed by atoms with E-state index >= 15 is 0 Å². The summed E-state index contributed by atoms with van der Waals surface area (Å²) in [5, 5.41) is 0.476. The van der Waals surface area contributed by atoms with Gasteiger partial charge in [0, 0.05) is 11.1 Å². The Hall–Kier alpha value is -0.620. The molecular formula is C10H18N2O2S2. The monoisotopic (exact) mass is 262 g/mol. The SMILES string of the molecule is CCCS(=O)(=O)Nc1ncc(CC(C)C)s1. The fourth-order valence-electron chi connectivity index (χ4n) is 1.30. The molecule has 0 aliphatic carbocycles. The normalized spacial score (nSPS) is 12.0. The molecular weight excluding hydrogens is 244 g/mol. The molecule has 0 atom stereocenters. The third-order valence-corrected chi connectivity index (χ3v) is 4.39. The van der Waals surface area contributed by atoms with E-state index in [0.717, 1.165) is 11.3 Å². The van der Waals surface area contributed by atoms with Gasteiger partial charge in [0.05, 0.1) is 5.75 Å². The molecule has 0 aliphatic heterocycles. The molecule has 4 nitrogen and oxygen atoms in total. The van der Waals surface area contributed by atoms with E-state index in [-0.39, 0.29) is 5.75 Å². The summed E-state index contributed by atoms with van der Waals surface area (Å²) in [5.74, 6) is 0.701. The highest BCUT2D eigenvalue weighted by atomic mass is 32.2. The fourth-order valence-corrected chi connectivity index (χ4v) is 3.69. The van der Waals surface area contributed by atoms with Gasteiger partial charge in [0.2, 0.25) is 10.0 Å². The second-order valence-electron chi connectivity index (χ2n) is 4.15. The van der Waals surface area contributed by atoms with E-state index in [1.807, 2.05) is 6.92 Å². The van der Waals surface area contributed by atoms with Crippen LogP contribution >= 0.6 is 11.3 Å². The summed E-state index contributed by atoms with van der Waals surface area (Å²) in [5.41, 5.74) is 0. The highest BCUT2D eigenvalue weighted by Crippen LogP contribution is 2.21. The molecule has 1 aromatic heterocycles. The number of rotatable bonds is 6. The van der Waals surface area contributed by atoms with E-state index in [0.29, 0.717) is 17.5 Å². The van der Waals surface area contributed by atoms with Gasteiger partial charge < -0.3 is 0 Å². The number of aromatic nitrogens is 1. The molecule has 0 fully saturated rings. The summed E-state index contributed by atoms with van der Waals surface area (Å²) in [6, 6.07) is 0. The van der Waals surface area contributed by atoms with Crippen LogP contribution in [0.15, 0.2) is 6.20 Å². The van der Waals surface area contributed by atoms with Crippen molar-refractivity contribution >= 4 is 26.5 Å². The molecule has 0 radical (unpaired) electrons. The minimum absolute atomic E-state index is 0.145. The summed E-state index contributed by atoms with van der Waals surface area (Å²) in [6.45, 7) is 6.09. The Labute approximate surface area is 101 Å². The summed E-state index contributed by atoms with van der Waals surface area (Å²) in [4.78, 5) is 5.18. The van der Waals surface area contributed by atoms with Crippen molar-refractivity contribution in [3.63, 3.8) is 0 Å². The van der Waals surface area contributed by atoms with Crippen molar-refractivity contribution in [3.05, 3.63) is 11.1 Å². The Kier molecular flexibility index (Phi) is 4.73.